The molecule has 2 aromatic rings. The number of halogens is 2. The molecule has 78 valence electrons. The van der Waals surface area contributed by atoms with Gasteiger partial charge < -0.3 is 0 Å². The second-order valence-corrected chi connectivity index (χ2v) is 5.18. The molecule has 0 saturated heterocycles. The SMILES string of the molecule is Cc1cnc(-c2cc(Br)cs2)nc1CCl. The topological polar surface area (TPSA) is 25.8 Å². The van der Waals surface area contributed by atoms with Gasteiger partial charge in [-0.05, 0) is 34.5 Å². The Balaban J connectivity index is 2.45. The third-order valence-corrected chi connectivity index (χ3v) is 3.93. The van der Waals surface area contributed by atoms with Crippen molar-refractivity contribution in [1.82, 2.24) is 9.97 Å². The molecule has 0 atom stereocenters. The van der Waals surface area contributed by atoms with Crippen molar-refractivity contribution in [2.75, 3.05) is 0 Å². The summed E-state index contributed by atoms with van der Waals surface area (Å²) >= 11 is 10.8. The van der Waals surface area contributed by atoms with Crippen LogP contribution < -0.4 is 0 Å². The van der Waals surface area contributed by atoms with Crippen molar-refractivity contribution in [1.29, 1.82) is 0 Å². The number of hydrogen-bond acceptors (Lipinski definition) is 3. The predicted octanol–water partition coefficient (Wildman–Crippen LogP) is 4.01. The van der Waals surface area contributed by atoms with Crippen LogP contribution in [-0.4, -0.2) is 9.97 Å². The van der Waals surface area contributed by atoms with Crippen LogP contribution in [0.15, 0.2) is 22.1 Å². The fraction of sp³-hybridized carbons (Fsp3) is 0.200. The Morgan fingerprint density at radius 3 is 2.93 bits per heavy atom. The van der Waals surface area contributed by atoms with Gasteiger partial charge in [0.15, 0.2) is 5.82 Å². The summed E-state index contributed by atoms with van der Waals surface area (Å²) in [6.07, 6.45) is 1.81. The Morgan fingerprint density at radius 2 is 2.33 bits per heavy atom. The molecule has 0 unspecified atom stereocenters. The molecule has 0 aromatic carbocycles. The molecule has 0 radical (unpaired) electrons. The van der Waals surface area contributed by atoms with Crippen molar-refractivity contribution in [3.05, 3.63) is 33.4 Å². The highest BCUT2D eigenvalue weighted by molar-refractivity contribution is 9.10. The summed E-state index contributed by atoms with van der Waals surface area (Å²) in [7, 11) is 0. The quantitative estimate of drug-likeness (QED) is 0.783. The lowest BCUT2D eigenvalue weighted by Gasteiger charge is -2.02. The highest BCUT2D eigenvalue weighted by atomic mass is 79.9. The second-order valence-electron chi connectivity index (χ2n) is 3.09. The zero-order chi connectivity index (χ0) is 10.8. The summed E-state index contributed by atoms with van der Waals surface area (Å²) < 4.78 is 1.05. The molecule has 0 saturated carbocycles. The number of alkyl halides is 1. The number of nitrogens with zero attached hydrogens (tertiary/aromatic N) is 2. The van der Waals surface area contributed by atoms with Crippen LogP contribution in [0.1, 0.15) is 11.3 Å². The van der Waals surface area contributed by atoms with E-state index in [1.165, 1.54) is 0 Å². The molecule has 15 heavy (non-hydrogen) atoms. The summed E-state index contributed by atoms with van der Waals surface area (Å²) in [4.78, 5) is 9.76. The van der Waals surface area contributed by atoms with Crippen LogP contribution in [0.5, 0.6) is 0 Å². The summed E-state index contributed by atoms with van der Waals surface area (Å²) in [6.45, 7) is 1.96. The zero-order valence-corrected chi connectivity index (χ0v) is 11.2. The van der Waals surface area contributed by atoms with E-state index in [2.05, 4.69) is 25.9 Å². The maximum absolute atomic E-state index is 5.80. The van der Waals surface area contributed by atoms with E-state index in [4.69, 9.17) is 11.6 Å². The Morgan fingerprint density at radius 1 is 1.53 bits per heavy atom. The molecular formula is C10H8BrClN2S. The van der Waals surface area contributed by atoms with Crippen molar-refractivity contribution in [2.24, 2.45) is 0 Å². The van der Waals surface area contributed by atoms with E-state index in [0.29, 0.717) is 5.88 Å². The van der Waals surface area contributed by atoms with Gasteiger partial charge in [0.1, 0.15) is 0 Å². The molecular weight excluding hydrogens is 296 g/mol. The Bertz CT molecular complexity index is 484. The Kier molecular flexibility index (Phi) is 3.38. The number of aryl methyl sites for hydroxylation is 1. The number of thiophene rings is 1. The fourth-order valence-electron chi connectivity index (χ4n) is 1.16. The average Bonchev–Trinajstić information content (AvgIpc) is 2.66. The first-order valence-corrected chi connectivity index (χ1v) is 6.54. The van der Waals surface area contributed by atoms with Crippen molar-refractivity contribution in [3.63, 3.8) is 0 Å². The largest absolute Gasteiger partial charge is 0.236 e. The van der Waals surface area contributed by atoms with Gasteiger partial charge in [-0.2, -0.15) is 0 Å². The molecule has 0 bridgehead atoms. The van der Waals surface area contributed by atoms with Crippen molar-refractivity contribution in [3.8, 4) is 10.7 Å². The first kappa shape index (κ1) is 11.0. The number of hydrogen-bond donors (Lipinski definition) is 0. The number of aromatic nitrogens is 2. The monoisotopic (exact) mass is 302 g/mol. The third kappa shape index (κ3) is 2.38. The van der Waals surface area contributed by atoms with E-state index in [1.54, 1.807) is 11.3 Å². The summed E-state index contributed by atoms with van der Waals surface area (Å²) in [5.74, 6) is 1.17. The molecule has 0 spiro atoms. The molecule has 0 fully saturated rings. The lowest BCUT2D eigenvalue weighted by Crippen LogP contribution is -1.95. The summed E-state index contributed by atoms with van der Waals surface area (Å²) in [5, 5.41) is 2.01. The summed E-state index contributed by atoms with van der Waals surface area (Å²) in [6, 6.07) is 2.01. The van der Waals surface area contributed by atoms with Gasteiger partial charge in [0.25, 0.3) is 0 Å². The van der Waals surface area contributed by atoms with Gasteiger partial charge in [-0.1, -0.05) is 0 Å². The maximum Gasteiger partial charge on any atom is 0.169 e. The van der Waals surface area contributed by atoms with Gasteiger partial charge in [-0.15, -0.1) is 22.9 Å². The Hall–Kier alpha value is -0.450. The molecule has 2 aromatic heterocycles. The number of rotatable bonds is 2. The Labute approximate surface area is 105 Å². The molecule has 0 N–H and O–H groups in total. The van der Waals surface area contributed by atoms with Crippen LogP contribution >= 0.6 is 38.9 Å². The standard InChI is InChI=1S/C10H8BrClN2S/c1-6-4-13-10(14-8(6)3-12)9-2-7(11)5-15-9/h2,4-5H,3H2,1H3. The van der Waals surface area contributed by atoms with Crippen LogP contribution in [0, 0.1) is 6.92 Å². The molecule has 0 amide bonds. The highest BCUT2D eigenvalue weighted by Gasteiger charge is 2.07. The first-order chi connectivity index (χ1) is 7.20. The van der Waals surface area contributed by atoms with Crippen LogP contribution in [-0.2, 0) is 5.88 Å². The van der Waals surface area contributed by atoms with Crippen molar-refractivity contribution in [2.45, 2.75) is 12.8 Å². The minimum atomic E-state index is 0.425. The molecule has 0 aliphatic carbocycles. The van der Waals surface area contributed by atoms with Gasteiger partial charge in [-0.3, -0.25) is 0 Å². The molecule has 5 heteroatoms. The van der Waals surface area contributed by atoms with Crippen molar-refractivity contribution < 1.29 is 0 Å². The lowest BCUT2D eigenvalue weighted by molar-refractivity contribution is 1.06. The van der Waals surface area contributed by atoms with Gasteiger partial charge >= 0.3 is 0 Å². The third-order valence-electron chi connectivity index (χ3n) is 1.99. The van der Waals surface area contributed by atoms with Crippen molar-refractivity contribution >= 4 is 38.9 Å². The molecule has 0 aliphatic rings. The average molecular weight is 304 g/mol. The normalized spacial score (nSPS) is 10.6. The highest BCUT2D eigenvalue weighted by Crippen LogP contribution is 2.27. The zero-order valence-electron chi connectivity index (χ0n) is 8.00. The predicted molar refractivity (Wildman–Crippen MR) is 67.3 cm³/mol. The molecule has 2 heterocycles. The smallest absolute Gasteiger partial charge is 0.169 e. The molecule has 2 nitrogen and oxygen atoms in total. The van der Waals surface area contributed by atoms with Crippen LogP contribution in [0.2, 0.25) is 0 Å². The summed E-state index contributed by atoms with van der Waals surface area (Å²) in [5.41, 5.74) is 1.93. The van der Waals surface area contributed by atoms with E-state index in [9.17, 15) is 0 Å². The molecule has 2 rings (SSSR count). The van der Waals surface area contributed by atoms with Gasteiger partial charge in [0.2, 0.25) is 0 Å². The van der Waals surface area contributed by atoms with E-state index in [0.717, 1.165) is 26.4 Å². The van der Waals surface area contributed by atoms with Crippen LogP contribution in [0.4, 0.5) is 0 Å². The van der Waals surface area contributed by atoms with E-state index < -0.39 is 0 Å². The van der Waals surface area contributed by atoms with Gasteiger partial charge in [0, 0.05) is 16.0 Å². The maximum atomic E-state index is 5.80. The fourth-order valence-corrected chi connectivity index (χ4v) is 2.80. The van der Waals surface area contributed by atoms with Gasteiger partial charge in [-0.25, -0.2) is 9.97 Å². The minimum absolute atomic E-state index is 0.425. The minimum Gasteiger partial charge on any atom is -0.236 e. The van der Waals surface area contributed by atoms with E-state index in [-0.39, 0.29) is 0 Å². The first-order valence-electron chi connectivity index (χ1n) is 4.33. The van der Waals surface area contributed by atoms with Gasteiger partial charge in [0.05, 0.1) is 16.5 Å². The second kappa shape index (κ2) is 4.60. The lowest BCUT2D eigenvalue weighted by atomic mass is 10.3. The van der Waals surface area contributed by atoms with E-state index in [1.807, 2.05) is 24.6 Å². The molecule has 0 aliphatic heterocycles. The van der Waals surface area contributed by atoms with E-state index >= 15 is 0 Å². The van der Waals surface area contributed by atoms with Crippen LogP contribution in [0.25, 0.3) is 10.7 Å². The van der Waals surface area contributed by atoms with Crippen LogP contribution in [0.3, 0.4) is 0 Å².